The van der Waals surface area contributed by atoms with E-state index in [0.29, 0.717) is 16.8 Å². The second-order valence-electron chi connectivity index (χ2n) is 5.10. The topological polar surface area (TPSA) is 29.5 Å². The summed E-state index contributed by atoms with van der Waals surface area (Å²) in [5.41, 5.74) is 0. The van der Waals surface area contributed by atoms with Crippen molar-refractivity contribution in [2.75, 3.05) is 7.05 Å². The Morgan fingerprint density at radius 3 is 2.74 bits per heavy atom. The molecule has 1 aliphatic carbocycles. The van der Waals surface area contributed by atoms with Crippen LogP contribution in [0.3, 0.4) is 0 Å². The van der Waals surface area contributed by atoms with E-state index >= 15 is 0 Å². The summed E-state index contributed by atoms with van der Waals surface area (Å²) in [5.74, 6) is 0.667. The number of benzene rings is 1. The van der Waals surface area contributed by atoms with Crippen molar-refractivity contribution in [1.29, 1.82) is 0 Å². The second kappa shape index (κ2) is 6.29. The number of hydrogen-bond acceptors (Lipinski definition) is 2. The molecule has 0 aromatic heterocycles. The Morgan fingerprint density at radius 2 is 2.11 bits per heavy atom. The van der Waals surface area contributed by atoms with E-state index in [0.717, 1.165) is 12.8 Å². The van der Waals surface area contributed by atoms with Crippen molar-refractivity contribution in [2.45, 2.75) is 44.8 Å². The summed E-state index contributed by atoms with van der Waals surface area (Å²) in [4.78, 5) is 14.1. The summed E-state index contributed by atoms with van der Waals surface area (Å²) in [6, 6.07) is 7.51. The Balaban J connectivity index is 1.95. The molecule has 19 heavy (non-hydrogen) atoms. The largest absolute Gasteiger partial charge is 0.481 e. The van der Waals surface area contributed by atoms with Crippen molar-refractivity contribution in [3.63, 3.8) is 0 Å². The van der Waals surface area contributed by atoms with Crippen LogP contribution in [0.5, 0.6) is 5.75 Å². The number of nitrogens with zero attached hydrogens (tertiary/aromatic N) is 1. The van der Waals surface area contributed by atoms with Crippen LogP contribution in [0.2, 0.25) is 5.02 Å². The fraction of sp³-hybridized carbons (Fsp3) is 0.533. The monoisotopic (exact) mass is 281 g/mol. The third-order valence-corrected chi connectivity index (χ3v) is 3.91. The van der Waals surface area contributed by atoms with Gasteiger partial charge in [0.15, 0.2) is 6.10 Å². The average molecular weight is 282 g/mol. The van der Waals surface area contributed by atoms with E-state index in [1.165, 1.54) is 12.8 Å². The molecule has 1 atom stereocenters. The zero-order valence-corrected chi connectivity index (χ0v) is 12.2. The van der Waals surface area contributed by atoms with Gasteiger partial charge in [-0.15, -0.1) is 0 Å². The lowest BCUT2D eigenvalue weighted by molar-refractivity contribution is -0.138. The van der Waals surface area contributed by atoms with Gasteiger partial charge in [0.2, 0.25) is 0 Å². The maximum Gasteiger partial charge on any atom is 0.263 e. The van der Waals surface area contributed by atoms with Gasteiger partial charge in [-0.2, -0.15) is 0 Å². The highest BCUT2D eigenvalue weighted by Crippen LogP contribution is 2.24. The molecular formula is C15H20ClNO2. The van der Waals surface area contributed by atoms with Gasteiger partial charge >= 0.3 is 0 Å². The molecule has 1 aromatic rings. The fourth-order valence-electron chi connectivity index (χ4n) is 2.55. The third-order valence-electron chi connectivity index (χ3n) is 3.68. The zero-order chi connectivity index (χ0) is 13.8. The Bertz CT molecular complexity index is 444. The number of carbonyl (C=O) groups is 1. The predicted molar refractivity (Wildman–Crippen MR) is 76.6 cm³/mol. The van der Waals surface area contributed by atoms with Crippen LogP contribution in [-0.2, 0) is 4.79 Å². The maximum absolute atomic E-state index is 12.3. The lowest BCUT2D eigenvalue weighted by Crippen LogP contribution is -2.42. The summed E-state index contributed by atoms with van der Waals surface area (Å²) in [6.45, 7) is 1.79. The number of amides is 1. The van der Waals surface area contributed by atoms with E-state index in [1.54, 1.807) is 19.1 Å². The van der Waals surface area contributed by atoms with Gasteiger partial charge < -0.3 is 9.64 Å². The predicted octanol–water partition coefficient (Wildman–Crippen LogP) is 3.51. The highest BCUT2D eigenvalue weighted by molar-refractivity contribution is 6.30. The van der Waals surface area contributed by atoms with Crippen LogP contribution >= 0.6 is 11.6 Å². The van der Waals surface area contributed by atoms with Crippen LogP contribution in [0.15, 0.2) is 24.3 Å². The van der Waals surface area contributed by atoms with E-state index in [9.17, 15) is 4.79 Å². The number of hydrogen-bond donors (Lipinski definition) is 0. The first-order chi connectivity index (χ1) is 9.08. The van der Waals surface area contributed by atoms with Gasteiger partial charge in [0.25, 0.3) is 5.91 Å². The van der Waals surface area contributed by atoms with Crippen LogP contribution in [-0.4, -0.2) is 30.0 Å². The summed E-state index contributed by atoms with van der Waals surface area (Å²) >= 11 is 5.90. The molecule has 0 saturated heterocycles. The Morgan fingerprint density at radius 1 is 1.42 bits per heavy atom. The minimum absolute atomic E-state index is 0.0341. The van der Waals surface area contributed by atoms with Crippen LogP contribution in [0.25, 0.3) is 0 Å². The molecule has 104 valence electrons. The van der Waals surface area contributed by atoms with Gasteiger partial charge in [-0.1, -0.05) is 30.5 Å². The molecule has 0 unspecified atom stereocenters. The van der Waals surface area contributed by atoms with E-state index in [4.69, 9.17) is 16.3 Å². The highest BCUT2D eigenvalue weighted by Gasteiger charge is 2.27. The lowest BCUT2D eigenvalue weighted by Gasteiger charge is -2.27. The molecule has 0 heterocycles. The maximum atomic E-state index is 12.3. The highest BCUT2D eigenvalue weighted by atomic mass is 35.5. The number of rotatable bonds is 4. The van der Waals surface area contributed by atoms with E-state index < -0.39 is 6.10 Å². The normalized spacial score (nSPS) is 17.2. The number of halogens is 1. The van der Waals surface area contributed by atoms with Gasteiger partial charge in [0.1, 0.15) is 5.75 Å². The summed E-state index contributed by atoms with van der Waals surface area (Å²) < 4.78 is 5.66. The first-order valence-corrected chi connectivity index (χ1v) is 7.14. The molecule has 4 heteroatoms. The van der Waals surface area contributed by atoms with Crippen LogP contribution < -0.4 is 4.74 Å². The minimum atomic E-state index is -0.482. The zero-order valence-electron chi connectivity index (χ0n) is 11.4. The molecule has 1 amide bonds. The Hall–Kier alpha value is -1.22. The number of carbonyl (C=O) groups excluding carboxylic acids is 1. The van der Waals surface area contributed by atoms with Gasteiger partial charge in [-0.25, -0.2) is 0 Å². The molecule has 2 rings (SSSR count). The standard InChI is InChI=1S/C15H20ClNO2/c1-11(19-14-9-5-6-12(16)10-14)15(18)17(2)13-7-3-4-8-13/h5-6,9-11,13H,3-4,7-8H2,1-2H3/t11-/m0/s1. The summed E-state index contributed by atoms with van der Waals surface area (Å²) in [7, 11) is 1.87. The van der Waals surface area contributed by atoms with Crippen molar-refractivity contribution in [2.24, 2.45) is 0 Å². The smallest absolute Gasteiger partial charge is 0.263 e. The molecule has 0 spiro atoms. The quantitative estimate of drug-likeness (QED) is 0.845. The summed E-state index contributed by atoms with van der Waals surface area (Å²) in [6.07, 6.45) is 4.15. The van der Waals surface area contributed by atoms with Gasteiger partial charge in [0.05, 0.1) is 0 Å². The number of likely N-dealkylation sites (N-methyl/N-ethyl adjacent to an activating group) is 1. The number of ether oxygens (including phenoxy) is 1. The molecule has 0 N–H and O–H groups in total. The first-order valence-electron chi connectivity index (χ1n) is 6.77. The Kier molecular flexibility index (Phi) is 4.70. The van der Waals surface area contributed by atoms with E-state index in [2.05, 4.69) is 0 Å². The molecule has 0 radical (unpaired) electrons. The minimum Gasteiger partial charge on any atom is -0.481 e. The van der Waals surface area contributed by atoms with Crippen molar-refractivity contribution in [1.82, 2.24) is 4.90 Å². The molecule has 3 nitrogen and oxygen atoms in total. The third kappa shape index (κ3) is 3.63. The van der Waals surface area contributed by atoms with E-state index in [-0.39, 0.29) is 5.91 Å². The van der Waals surface area contributed by atoms with Crippen molar-refractivity contribution >= 4 is 17.5 Å². The summed E-state index contributed by atoms with van der Waals surface area (Å²) in [5, 5.41) is 0.612. The van der Waals surface area contributed by atoms with Crippen LogP contribution in [0.1, 0.15) is 32.6 Å². The fourth-order valence-corrected chi connectivity index (χ4v) is 2.73. The van der Waals surface area contributed by atoms with E-state index in [1.807, 2.05) is 24.1 Å². The van der Waals surface area contributed by atoms with Crippen molar-refractivity contribution < 1.29 is 9.53 Å². The molecule has 1 saturated carbocycles. The Labute approximate surface area is 119 Å². The molecule has 0 bridgehead atoms. The lowest BCUT2D eigenvalue weighted by atomic mass is 10.2. The van der Waals surface area contributed by atoms with Crippen molar-refractivity contribution in [3.05, 3.63) is 29.3 Å². The SMILES string of the molecule is C[C@H](Oc1cccc(Cl)c1)C(=O)N(C)C1CCCC1. The van der Waals surface area contributed by atoms with Crippen LogP contribution in [0.4, 0.5) is 0 Å². The molecule has 0 aliphatic heterocycles. The van der Waals surface area contributed by atoms with Gasteiger partial charge in [-0.05, 0) is 38.0 Å². The average Bonchev–Trinajstić information content (AvgIpc) is 2.90. The van der Waals surface area contributed by atoms with Gasteiger partial charge in [-0.3, -0.25) is 4.79 Å². The van der Waals surface area contributed by atoms with Gasteiger partial charge in [0, 0.05) is 18.1 Å². The molecule has 1 fully saturated rings. The molecule has 1 aromatic carbocycles. The molecular weight excluding hydrogens is 262 g/mol. The van der Waals surface area contributed by atoms with Crippen molar-refractivity contribution in [3.8, 4) is 5.75 Å². The molecule has 1 aliphatic rings. The second-order valence-corrected chi connectivity index (χ2v) is 5.54. The first kappa shape index (κ1) is 14.2. The van der Waals surface area contributed by atoms with Crippen LogP contribution in [0, 0.1) is 0 Å².